The predicted molar refractivity (Wildman–Crippen MR) is 97.5 cm³/mol. The van der Waals surface area contributed by atoms with Gasteiger partial charge in [0, 0.05) is 6.54 Å². The molecule has 0 aliphatic rings. The highest BCUT2D eigenvalue weighted by Crippen LogP contribution is 2.11. The zero-order chi connectivity index (χ0) is 15.8. The van der Waals surface area contributed by atoms with Crippen LogP contribution in [0.15, 0.2) is 4.99 Å². The maximum absolute atomic E-state index is 10.5. The Morgan fingerprint density at radius 1 is 0.818 bits per heavy atom. The lowest BCUT2D eigenvalue weighted by atomic mass is 10.1. The minimum Gasteiger partial charge on any atom is -0.370 e. The number of rotatable bonds is 13. The van der Waals surface area contributed by atoms with E-state index in [1.54, 1.807) is 0 Å². The van der Waals surface area contributed by atoms with Crippen molar-refractivity contribution in [2.24, 2.45) is 16.5 Å². The number of aliphatic imine (C=N–C) groups is 1. The zero-order valence-electron chi connectivity index (χ0n) is 14.1. The summed E-state index contributed by atoms with van der Waals surface area (Å²) in [5.41, 5.74) is 10.4. The maximum atomic E-state index is 10.5. The van der Waals surface area contributed by atoms with Crippen LogP contribution in [0.3, 0.4) is 0 Å². The number of halogens is 1. The molecule has 0 rings (SSSR count). The van der Waals surface area contributed by atoms with Gasteiger partial charge in [0.15, 0.2) is 5.96 Å². The van der Waals surface area contributed by atoms with Crippen LogP contribution in [-0.4, -0.2) is 18.5 Å². The number of hydrogen-bond donors (Lipinski definition) is 3. The number of nitrogens with two attached hydrogens (primary N) is 2. The van der Waals surface area contributed by atoms with Gasteiger partial charge in [0.25, 0.3) is 0 Å². The highest BCUT2D eigenvalue weighted by molar-refractivity contribution is 5.94. The first kappa shape index (κ1) is 23.3. The lowest BCUT2D eigenvalue weighted by Crippen LogP contribution is -2.40. The number of nitrogens with one attached hydrogen (secondary N) is 1. The number of hydrogen-bond acceptors (Lipinski definition) is 2. The van der Waals surface area contributed by atoms with E-state index in [2.05, 4.69) is 17.2 Å². The highest BCUT2D eigenvalue weighted by Gasteiger charge is 1.95. The van der Waals surface area contributed by atoms with Gasteiger partial charge >= 0.3 is 6.03 Å². The fourth-order valence-electron chi connectivity index (χ4n) is 2.32. The molecular formula is C16H35ClN4O. The van der Waals surface area contributed by atoms with E-state index in [4.69, 9.17) is 11.5 Å². The number of primary amides is 1. The standard InChI is InChI=1S/C16H34N4O.ClH/c1-2-3-4-5-6-7-8-9-10-11-12-13-14-19-15(17)20-16(18)21;/h2-14H2,1H3,(H5,17,18,19,20,21);1H. The minimum atomic E-state index is -0.661. The molecule has 0 heterocycles. The normalized spacial score (nSPS) is 11.0. The van der Waals surface area contributed by atoms with Gasteiger partial charge in [-0.05, 0) is 6.42 Å². The van der Waals surface area contributed by atoms with Crippen molar-refractivity contribution >= 4 is 24.4 Å². The van der Waals surface area contributed by atoms with Gasteiger partial charge in [-0.3, -0.25) is 10.3 Å². The van der Waals surface area contributed by atoms with Crippen LogP contribution in [0.5, 0.6) is 0 Å². The first-order valence-corrected chi connectivity index (χ1v) is 8.53. The van der Waals surface area contributed by atoms with Crippen LogP contribution in [0.4, 0.5) is 4.79 Å². The summed E-state index contributed by atoms with van der Waals surface area (Å²) in [6.45, 7) is 2.91. The fourth-order valence-corrected chi connectivity index (χ4v) is 2.32. The van der Waals surface area contributed by atoms with Gasteiger partial charge in [-0.25, -0.2) is 4.79 Å². The molecule has 0 aromatic rings. The van der Waals surface area contributed by atoms with E-state index in [0.29, 0.717) is 6.54 Å². The van der Waals surface area contributed by atoms with Crippen LogP contribution in [0.2, 0.25) is 0 Å². The summed E-state index contributed by atoms with van der Waals surface area (Å²) < 4.78 is 0. The van der Waals surface area contributed by atoms with E-state index < -0.39 is 6.03 Å². The fraction of sp³-hybridized carbons (Fsp3) is 0.875. The molecule has 0 radical (unpaired) electrons. The Kier molecular flexibility index (Phi) is 19.1. The van der Waals surface area contributed by atoms with E-state index in [9.17, 15) is 4.79 Å². The van der Waals surface area contributed by atoms with Crippen molar-refractivity contribution in [1.29, 1.82) is 0 Å². The predicted octanol–water partition coefficient (Wildman–Crippen LogP) is 4.09. The monoisotopic (exact) mass is 334 g/mol. The topological polar surface area (TPSA) is 93.5 Å². The Labute approximate surface area is 142 Å². The number of urea groups is 1. The molecule has 0 bridgehead atoms. The maximum Gasteiger partial charge on any atom is 0.318 e. The molecule has 5 N–H and O–H groups in total. The van der Waals surface area contributed by atoms with Crippen LogP contribution < -0.4 is 16.8 Å². The molecule has 0 spiro atoms. The molecule has 0 atom stereocenters. The second-order valence-electron chi connectivity index (χ2n) is 5.65. The van der Waals surface area contributed by atoms with Crippen molar-refractivity contribution in [1.82, 2.24) is 5.32 Å². The molecule has 5 nitrogen and oxygen atoms in total. The number of guanidine groups is 1. The molecule has 0 saturated carbocycles. The van der Waals surface area contributed by atoms with Crippen molar-refractivity contribution in [3.05, 3.63) is 0 Å². The number of nitrogens with zero attached hydrogens (tertiary/aromatic N) is 1. The van der Waals surface area contributed by atoms with Crippen molar-refractivity contribution < 1.29 is 4.79 Å². The second-order valence-corrected chi connectivity index (χ2v) is 5.65. The van der Waals surface area contributed by atoms with Crippen LogP contribution in [0.1, 0.15) is 84.0 Å². The van der Waals surface area contributed by atoms with E-state index in [1.165, 1.54) is 70.6 Å². The van der Waals surface area contributed by atoms with Gasteiger partial charge in [0.2, 0.25) is 0 Å². The van der Waals surface area contributed by atoms with Crippen LogP contribution in [0.25, 0.3) is 0 Å². The first-order valence-electron chi connectivity index (χ1n) is 8.53. The van der Waals surface area contributed by atoms with Gasteiger partial charge in [-0.1, -0.05) is 77.6 Å². The van der Waals surface area contributed by atoms with Crippen molar-refractivity contribution in [2.75, 3.05) is 6.54 Å². The molecule has 0 fully saturated rings. The number of amides is 2. The van der Waals surface area contributed by atoms with Crippen molar-refractivity contribution in [3.8, 4) is 0 Å². The lowest BCUT2D eigenvalue weighted by Gasteiger charge is -2.03. The number of carbonyl (C=O) groups excluding carboxylic acids is 1. The molecule has 0 aromatic carbocycles. The number of unbranched alkanes of at least 4 members (excludes halogenated alkanes) is 11. The SMILES string of the molecule is CCCCCCCCCCCCCCN=C(N)NC(N)=O.Cl. The van der Waals surface area contributed by atoms with Gasteiger partial charge in [-0.15, -0.1) is 12.4 Å². The van der Waals surface area contributed by atoms with E-state index in [-0.39, 0.29) is 18.4 Å². The number of carbonyl (C=O) groups is 1. The Bertz CT molecular complexity index is 285. The third-order valence-electron chi connectivity index (χ3n) is 3.55. The van der Waals surface area contributed by atoms with E-state index in [1.807, 2.05) is 0 Å². The van der Waals surface area contributed by atoms with Crippen molar-refractivity contribution in [2.45, 2.75) is 84.0 Å². The van der Waals surface area contributed by atoms with E-state index in [0.717, 1.165) is 6.42 Å². The smallest absolute Gasteiger partial charge is 0.318 e. The minimum absolute atomic E-state index is 0. The molecule has 0 aromatic heterocycles. The summed E-state index contributed by atoms with van der Waals surface area (Å²) in [4.78, 5) is 14.5. The molecule has 22 heavy (non-hydrogen) atoms. The first-order chi connectivity index (χ1) is 10.2. The molecule has 0 unspecified atom stereocenters. The van der Waals surface area contributed by atoms with Gasteiger partial charge in [0.1, 0.15) is 0 Å². The van der Waals surface area contributed by atoms with Crippen LogP contribution in [-0.2, 0) is 0 Å². The van der Waals surface area contributed by atoms with Crippen LogP contribution >= 0.6 is 12.4 Å². The molecular weight excluding hydrogens is 300 g/mol. The average Bonchev–Trinajstić information content (AvgIpc) is 2.43. The Morgan fingerprint density at radius 3 is 1.64 bits per heavy atom. The summed E-state index contributed by atoms with van der Waals surface area (Å²) in [6.07, 6.45) is 15.8. The third-order valence-corrected chi connectivity index (χ3v) is 3.55. The summed E-state index contributed by atoms with van der Waals surface area (Å²) in [5, 5.41) is 2.25. The zero-order valence-corrected chi connectivity index (χ0v) is 14.9. The molecule has 6 heteroatoms. The van der Waals surface area contributed by atoms with Crippen molar-refractivity contribution in [3.63, 3.8) is 0 Å². The molecule has 0 saturated heterocycles. The summed E-state index contributed by atoms with van der Waals surface area (Å²) in [7, 11) is 0. The molecule has 132 valence electrons. The Morgan fingerprint density at radius 2 is 1.23 bits per heavy atom. The summed E-state index contributed by atoms with van der Waals surface area (Å²) >= 11 is 0. The highest BCUT2D eigenvalue weighted by atomic mass is 35.5. The molecule has 2 amide bonds. The Balaban J connectivity index is 0. The third kappa shape index (κ3) is 19.0. The largest absolute Gasteiger partial charge is 0.370 e. The second kappa shape index (κ2) is 18.1. The van der Waals surface area contributed by atoms with E-state index >= 15 is 0 Å². The Hall–Kier alpha value is -0.970. The summed E-state index contributed by atoms with van der Waals surface area (Å²) in [6, 6.07) is -0.661. The lowest BCUT2D eigenvalue weighted by molar-refractivity contribution is 0.253. The quantitative estimate of drug-likeness (QED) is 0.269. The van der Waals surface area contributed by atoms with Gasteiger partial charge in [-0.2, -0.15) is 0 Å². The van der Waals surface area contributed by atoms with Gasteiger partial charge < -0.3 is 11.5 Å². The summed E-state index contributed by atoms with van der Waals surface area (Å²) in [5.74, 6) is 0.116. The van der Waals surface area contributed by atoms with Crippen LogP contribution in [0, 0.1) is 0 Å². The molecule has 0 aliphatic heterocycles. The average molecular weight is 335 g/mol. The van der Waals surface area contributed by atoms with Gasteiger partial charge in [0.05, 0.1) is 0 Å². The molecule has 0 aliphatic carbocycles.